The maximum absolute atomic E-state index is 9.73. The van der Waals surface area contributed by atoms with E-state index in [2.05, 4.69) is 11.5 Å². The molecule has 38 valence electrons. The zero-order valence-corrected chi connectivity index (χ0v) is 3.68. The van der Waals surface area contributed by atoms with Gasteiger partial charge in [-0.15, -0.1) is 0 Å². The maximum Gasteiger partial charge on any atom is 0.340 e. The predicted molar refractivity (Wildman–Crippen MR) is 26.3 cm³/mol. The number of rotatable bonds is 2. The Bertz CT molecular complexity index is 89.9. The van der Waals surface area contributed by atoms with Crippen LogP contribution in [0.2, 0.25) is 0 Å². The lowest BCUT2D eigenvalue weighted by Crippen LogP contribution is -2.29. The van der Waals surface area contributed by atoms with Gasteiger partial charge in [-0.1, -0.05) is 0 Å². The van der Waals surface area contributed by atoms with Crippen LogP contribution in [0.25, 0.3) is 0 Å². The number of hydrogen-bond acceptors (Lipinski definition) is 2. The molecule has 0 aliphatic heterocycles. The van der Waals surface area contributed by atoms with Crippen molar-refractivity contribution in [2.75, 3.05) is 0 Å². The maximum atomic E-state index is 9.73. The van der Waals surface area contributed by atoms with Crippen molar-refractivity contribution in [3.63, 3.8) is 0 Å². The van der Waals surface area contributed by atoms with Crippen molar-refractivity contribution in [3.05, 3.63) is 0 Å². The van der Waals surface area contributed by atoms with Crippen LogP contribution in [0, 0.1) is 0 Å². The minimum atomic E-state index is -0.687. The summed E-state index contributed by atoms with van der Waals surface area (Å²) in [6.45, 7) is 0. The monoisotopic (exact) mass is 100 g/mol. The van der Waals surface area contributed by atoms with Crippen molar-refractivity contribution >= 4 is 18.9 Å². The van der Waals surface area contributed by atoms with Crippen LogP contribution in [0.15, 0.2) is 0 Å². The summed E-state index contributed by atoms with van der Waals surface area (Å²) in [5, 5.41) is 0. The van der Waals surface area contributed by atoms with Crippen molar-refractivity contribution in [1.29, 1.82) is 0 Å². The van der Waals surface area contributed by atoms with Gasteiger partial charge in [0.2, 0.25) is 0 Å². The number of primary amides is 2. The topological polar surface area (TPSA) is 86.2 Å². The molecule has 0 fully saturated rings. The lowest BCUT2D eigenvalue weighted by Gasteiger charge is -1.79. The summed E-state index contributed by atoms with van der Waals surface area (Å²) in [7, 11) is -0.361. The van der Waals surface area contributed by atoms with Crippen molar-refractivity contribution in [2.24, 2.45) is 11.5 Å². The van der Waals surface area contributed by atoms with Gasteiger partial charge in [-0.2, -0.15) is 0 Å². The van der Waals surface area contributed by atoms with E-state index >= 15 is 0 Å². The summed E-state index contributed by atoms with van der Waals surface area (Å²) in [5.41, 5.74) is 9.11. The van der Waals surface area contributed by atoms with Gasteiger partial charge >= 0.3 is 7.28 Å². The minimum Gasteiger partial charge on any atom is -0.378 e. The largest absolute Gasteiger partial charge is 0.378 e. The molecular weight excluding hydrogens is 94.8 g/mol. The molecule has 0 heterocycles. The first-order valence-corrected chi connectivity index (χ1v) is 1.69. The van der Waals surface area contributed by atoms with E-state index in [9.17, 15) is 9.59 Å². The molecule has 0 aromatic rings. The molecule has 0 aromatic heterocycles. The van der Waals surface area contributed by atoms with Crippen LogP contribution in [0.1, 0.15) is 0 Å². The fraction of sp³-hybridized carbons (Fsp3) is 0. The first-order chi connectivity index (χ1) is 3.13. The Kier molecular flexibility index (Phi) is 1.91. The molecule has 5 heteroatoms. The van der Waals surface area contributed by atoms with Crippen LogP contribution in [0.5, 0.6) is 0 Å². The Morgan fingerprint density at radius 1 is 1.14 bits per heavy atom. The Morgan fingerprint density at radius 2 is 1.43 bits per heavy atom. The smallest absolute Gasteiger partial charge is 0.340 e. The molecule has 0 aliphatic carbocycles. The molecule has 0 spiro atoms. The van der Waals surface area contributed by atoms with Gasteiger partial charge < -0.3 is 11.5 Å². The number of carbonyl (C=O) groups excluding carboxylic acids is 2. The first kappa shape index (κ1) is 6.00. The van der Waals surface area contributed by atoms with Gasteiger partial charge in [-0.05, 0) is 0 Å². The van der Waals surface area contributed by atoms with E-state index in [1.165, 1.54) is 0 Å². The Balaban J connectivity index is 3.32. The standard InChI is InChI=1S/C2H5BN2O2/c4-1(6)3-2(5)7/h3H,(H2,4,6)(H2,5,7). The third kappa shape index (κ3) is 5.00. The molecule has 0 rings (SSSR count). The summed E-state index contributed by atoms with van der Waals surface area (Å²) >= 11 is 0. The van der Waals surface area contributed by atoms with Crippen LogP contribution in [0.3, 0.4) is 0 Å². The summed E-state index contributed by atoms with van der Waals surface area (Å²) in [4.78, 5) is 19.5. The van der Waals surface area contributed by atoms with Crippen molar-refractivity contribution in [3.8, 4) is 0 Å². The third-order valence-corrected chi connectivity index (χ3v) is 0.348. The number of hydrogen-bond donors (Lipinski definition) is 2. The van der Waals surface area contributed by atoms with Gasteiger partial charge in [0.05, 0.1) is 0 Å². The second kappa shape index (κ2) is 2.23. The average molecular weight is 99.9 g/mol. The fourth-order valence-corrected chi connectivity index (χ4v) is 0.172. The third-order valence-electron chi connectivity index (χ3n) is 0.348. The zero-order chi connectivity index (χ0) is 5.86. The molecule has 0 unspecified atom stereocenters. The molecule has 0 saturated carbocycles. The SMILES string of the molecule is NC(=O)BC(N)=O. The van der Waals surface area contributed by atoms with Crippen LogP contribution < -0.4 is 11.5 Å². The second-order valence-corrected chi connectivity index (χ2v) is 1.11. The number of nitrogens with two attached hydrogens (primary N) is 2. The average Bonchev–Trinajstić information content (AvgIpc) is 1.27. The van der Waals surface area contributed by atoms with Gasteiger partial charge in [0.1, 0.15) is 0 Å². The molecule has 4 nitrogen and oxygen atoms in total. The van der Waals surface area contributed by atoms with Gasteiger partial charge in [0.15, 0.2) is 11.6 Å². The lowest BCUT2D eigenvalue weighted by atomic mass is 9.77. The highest BCUT2D eigenvalue weighted by molar-refractivity contribution is 6.96. The molecule has 4 N–H and O–H groups in total. The van der Waals surface area contributed by atoms with Gasteiger partial charge in [-0.3, -0.25) is 9.59 Å². The van der Waals surface area contributed by atoms with Crippen molar-refractivity contribution < 1.29 is 9.59 Å². The summed E-state index contributed by atoms with van der Waals surface area (Å²) in [6.07, 6.45) is 0. The highest BCUT2D eigenvalue weighted by Crippen LogP contribution is 1.58. The molecule has 0 atom stereocenters. The molecule has 0 bridgehead atoms. The summed E-state index contributed by atoms with van der Waals surface area (Å²) in [6, 6.07) is 0. The van der Waals surface area contributed by atoms with Crippen LogP contribution >= 0.6 is 0 Å². The Hall–Kier alpha value is -0.995. The van der Waals surface area contributed by atoms with Gasteiger partial charge in [-0.25, -0.2) is 0 Å². The molecule has 0 saturated heterocycles. The highest BCUT2D eigenvalue weighted by atomic mass is 16.2. The molecule has 0 aliphatic rings. The van der Waals surface area contributed by atoms with E-state index < -0.39 is 11.6 Å². The van der Waals surface area contributed by atoms with Crippen molar-refractivity contribution in [2.45, 2.75) is 0 Å². The summed E-state index contributed by atoms with van der Waals surface area (Å²) in [5.74, 6) is -1.37. The van der Waals surface area contributed by atoms with Crippen LogP contribution in [0.4, 0.5) is 9.59 Å². The van der Waals surface area contributed by atoms with E-state index in [0.29, 0.717) is 0 Å². The Labute approximate surface area is 41.1 Å². The van der Waals surface area contributed by atoms with E-state index in [0.717, 1.165) is 0 Å². The second-order valence-electron chi connectivity index (χ2n) is 1.11. The molecular formula is C2H5BN2O2. The van der Waals surface area contributed by atoms with E-state index in [1.54, 1.807) is 0 Å². The fourth-order valence-electron chi connectivity index (χ4n) is 0.172. The van der Waals surface area contributed by atoms with Crippen LogP contribution in [-0.2, 0) is 0 Å². The minimum absolute atomic E-state index is 0.361. The summed E-state index contributed by atoms with van der Waals surface area (Å²) < 4.78 is 0. The Morgan fingerprint density at radius 3 is 1.43 bits per heavy atom. The first-order valence-electron chi connectivity index (χ1n) is 1.69. The molecule has 2 amide bonds. The predicted octanol–water partition coefficient (Wildman–Crippen LogP) is -1.42. The van der Waals surface area contributed by atoms with E-state index in [1.807, 2.05) is 0 Å². The van der Waals surface area contributed by atoms with E-state index in [4.69, 9.17) is 0 Å². The molecule has 0 aromatic carbocycles. The van der Waals surface area contributed by atoms with E-state index in [-0.39, 0.29) is 7.28 Å². The van der Waals surface area contributed by atoms with Crippen molar-refractivity contribution in [1.82, 2.24) is 0 Å². The van der Waals surface area contributed by atoms with Gasteiger partial charge in [0.25, 0.3) is 0 Å². The highest BCUT2D eigenvalue weighted by Gasteiger charge is 2.01. The normalized spacial score (nSPS) is 7.43. The molecule has 7 heavy (non-hydrogen) atoms. The lowest BCUT2D eigenvalue weighted by molar-refractivity contribution is 0.261. The molecule has 0 radical (unpaired) electrons. The number of carbonyl (C=O) groups is 2. The number of amides is 2. The van der Waals surface area contributed by atoms with Crippen LogP contribution in [-0.4, -0.2) is 18.9 Å². The zero-order valence-electron chi connectivity index (χ0n) is 3.68. The van der Waals surface area contributed by atoms with Gasteiger partial charge in [0, 0.05) is 0 Å². The quantitative estimate of drug-likeness (QED) is 0.417.